The third kappa shape index (κ3) is 2.60. The largest absolute Gasteiger partial charge is 0.298 e. The van der Waals surface area contributed by atoms with Gasteiger partial charge in [-0.2, -0.15) is 5.10 Å². The Labute approximate surface area is 129 Å². The first kappa shape index (κ1) is 13.4. The van der Waals surface area contributed by atoms with Gasteiger partial charge >= 0.3 is 0 Å². The monoisotopic (exact) mass is 293 g/mol. The van der Waals surface area contributed by atoms with Crippen molar-refractivity contribution in [3.05, 3.63) is 54.0 Å². The van der Waals surface area contributed by atoms with Gasteiger partial charge in [0.1, 0.15) is 5.52 Å². The van der Waals surface area contributed by atoms with Crippen molar-refractivity contribution >= 4 is 11.2 Å². The van der Waals surface area contributed by atoms with Gasteiger partial charge in [-0.25, -0.2) is 9.97 Å². The van der Waals surface area contributed by atoms with Gasteiger partial charge in [0.25, 0.3) is 0 Å². The first-order chi connectivity index (χ1) is 10.9. The molecule has 0 radical (unpaired) electrons. The quantitative estimate of drug-likeness (QED) is 0.806. The second-order valence-corrected chi connectivity index (χ2v) is 5.93. The summed E-state index contributed by atoms with van der Waals surface area (Å²) in [6.45, 7) is 3.21. The highest BCUT2D eigenvalue weighted by Crippen LogP contribution is 2.29. The maximum atomic E-state index is 4.45. The zero-order valence-corrected chi connectivity index (χ0v) is 12.4. The molecule has 0 spiro atoms. The first-order valence-corrected chi connectivity index (χ1v) is 7.81. The van der Waals surface area contributed by atoms with Gasteiger partial charge in [0.05, 0.1) is 5.69 Å². The van der Waals surface area contributed by atoms with Crippen LogP contribution < -0.4 is 0 Å². The van der Waals surface area contributed by atoms with Gasteiger partial charge in [-0.3, -0.25) is 10.00 Å². The molecule has 1 N–H and O–H groups in total. The standard InChI is InChI=1S/C17H19N5/c1-2-5-13(6-3-1)11-22-10-4-7-14(12-22)15-16-17(21-20-15)19-9-8-18-16/h1-3,5-6,8-9,14H,4,7,10-12H2,(H,19,20,21)/t14-/m1/s1. The molecule has 0 bridgehead atoms. The summed E-state index contributed by atoms with van der Waals surface area (Å²) in [5.41, 5.74) is 4.16. The van der Waals surface area contributed by atoms with Crippen LogP contribution in [0.1, 0.15) is 30.0 Å². The molecule has 0 aliphatic carbocycles. The van der Waals surface area contributed by atoms with Crippen molar-refractivity contribution in [3.63, 3.8) is 0 Å². The van der Waals surface area contributed by atoms with E-state index >= 15 is 0 Å². The van der Waals surface area contributed by atoms with Crippen LogP contribution in [-0.4, -0.2) is 38.2 Å². The molecule has 3 aromatic rings. The fourth-order valence-corrected chi connectivity index (χ4v) is 3.33. The number of aromatic amines is 1. The third-order valence-corrected chi connectivity index (χ3v) is 4.38. The van der Waals surface area contributed by atoms with Crippen LogP contribution in [0.15, 0.2) is 42.7 Å². The van der Waals surface area contributed by atoms with E-state index in [1.807, 2.05) is 0 Å². The minimum Gasteiger partial charge on any atom is -0.298 e. The Morgan fingerprint density at radius 1 is 1.14 bits per heavy atom. The van der Waals surface area contributed by atoms with Gasteiger partial charge in [-0.1, -0.05) is 30.3 Å². The van der Waals surface area contributed by atoms with Crippen LogP contribution in [0, 0.1) is 0 Å². The molecule has 1 fully saturated rings. The van der Waals surface area contributed by atoms with Gasteiger partial charge in [0.15, 0.2) is 5.65 Å². The molecule has 1 aromatic carbocycles. The van der Waals surface area contributed by atoms with Gasteiger partial charge in [-0.15, -0.1) is 0 Å². The lowest BCUT2D eigenvalue weighted by atomic mass is 9.94. The van der Waals surface area contributed by atoms with Crippen LogP contribution >= 0.6 is 0 Å². The highest BCUT2D eigenvalue weighted by molar-refractivity contribution is 5.72. The molecule has 1 atom stereocenters. The molecule has 1 saturated heterocycles. The van der Waals surface area contributed by atoms with Crippen LogP contribution in [0.5, 0.6) is 0 Å². The lowest BCUT2D eigenvalue weighted by Gasteiger charge is -2.32. The number of piperidine rings is 1. The Bertz CT molecular complexity index is 752. The highest BCUT2D eigenvalue weighted by atomic mass is 15.2. The summed E-state index contributed by atoms with van der Waals surface area (Å²) in [7, 11) is 0. The summed E-state index contributed by atoms with van der Waals surface area (Å²) in [5, 5.41) is 7.45. The molecule has 5 heteroatoms. The summed E-state index contributed by atoms with van der Waals surface area (Å²) in [6, 6.07) is 10.7. The van der Waals surface area contributed by atoms with E-state index in [2.05, 4.69) is 55.4 Å². The van der Waals surface area contributed by atoms with Crippen molar-refractivity contribution in [2.24, 2.45) is 0 Å². The normalized spacial score (nSPS) is 19.5. The van der Waals surface area contributed by atoms with Crippen molar-refractivity contribution in [2.45, 2.75) is 25.3 Å². The predicted molar refractivity (Wildman–Crippen MR) is 85.4 cm³/mol. The molecule has 1 aliphatic rings. The van der Waals surface area contributed by atoms with Crippen molar-refractivity contribution in [1.29, 1.82) is 0 Å². The number of benzene rings is 1. The SMILES string of the molecule is c1ccc(CN2CCC[C@@H](c3[nH]nc4nccnc34)C2)cc1. The van der Waals surface area contributed by atoms with Crippen LogP contribution in [-0.2, 0) is 6.54 Å². The minimum atomic E-state index is 0.458. The summed E-state index contributed by atoms with van der Waals surface area (Å²) >= 11 is 0. The third-order valence-electron chi connectivity index (χ3n) is 4.38. The summed E-state index contributed by atoms with van der Waals surface area (Å²) in [5.74, 6) is 0.458. The van der Waals surface area contributed by atoms with Gasteiger partial charge in [0.2, 0.25) is 0 Å². The van der Waals surface area contributed by atoms with E-state index in [-0.39, 0.29) is 0 Å². The number of aromatic nitrogens is 4. The molecule has 5 nitrogen and oxygen atoms in total. The summed E-state index contributed by atoms with van der Waals surface area (Å²) in [6.07, 6.45) is 5.82. The highest BCUT2D eigenvalue weighted by Gasteiger charge is 2.25. The van der Waals surface area contributed by atoms with Crippen molar-refractivity contribution in [2.75, 3.05) is 13.1 Å². The second kappa shape index (κ2) is 5.85. The average Bonchev–Trinajstić information content (AvgIpc) is 3.00. The topological polar surface area (TPSA) is 57.7 Å². The molecule has 3 heterocycles. The zero-order chi connectivity index (χ0) is 14.8. The number of fused-ring (bicyclic) bond motifs is 1. The van der Waals surface area contributed by atoms with Crippen molar-refractivity contribution in [3.8, 4) is 0 Å². The van der Waals surface area contributed by atoms with E-state index in [0.717, 1.165) is 36.5 Å². The Hall–Kier alpha value is -2.27. The van der Waals surface area contributed by atoms with E-state index in [1.165, 1.54) is 18.4 Å². The molecule has 1 aliphatic heterocycles. The molecule has 0 unspecified atom stereocenters. The number of hydrogen-bond acceptors (Lipinski definition) is 4. The molecular formula is C17H19N5. The van der Waals surface area contributed by atoms with Gasteiger partial charge in [-0.05, 0) is 24.9 Å². The van der Waals surface area contributed by atoms with Crippen LogP contribution in [0.2, 0.25) is 0 Å². The molecule has 0 amide bonds. The van der Waals surface area contributed by atoms with E-state index < -0.39 is 0 Å². The summed E-state index contributed by atoms with van der Waals surface area (Å²) < 4.78 is 0. The van der Waals surface area contributed by atoms with Crippen molar-refractivity contribution < 1.29 is 0 Å². The fourth-order valence-electron chi connectivity index (χ4n) is 3.33. The Morgan fingerprint density at radius 3 is 2.91 bits per heavy atom. The maximum absolute atomic E-state index is 4.45. The Kier molecular flexibility index (Phi) is 3.56. The molecule has 112 valence electrons. The van der Waals surface area contributed by atoms with Crippen LogP contribution in [0.3, 0.4) is 0 Å². The Morgan fingerprint density at radius 2 is 2.00 bits per heavy atom. The lowest BCUT2D eigenvalue weighted by molar-refractivity contribution is 0.199. The molecule has 22 heavy (non-hydrogen) atoms. The molecule has 2 aromatic heterocycles. The Balaban J connectivity index is 1.53. The van der Waals surface area contributed by atoms with Gasteiger partial charge < -0.3 is 0 Å². The number of nitrogens with zero attached hydrogens (tertiary/aromatic N) is 4. The number of hydrogen-bond donors (Lipinski definition) is 1. The van der Waals surface area contributed by atoms with Crippen LogP contribution in [0.4, 0.5) is 0 Å². The van der Waals surface area contributed by atoms with E-state index in [1.54, 1.807) is 12.4 Å². The molecular weight excluding hydrogens is 274 g/mol. The second-order valence-electron chi connectivity index (χ2n) is 5.93. The molecule has 0 saturated carbocycles. The van der Waals surface area contributed by atoms with Crippen molar-refractivity contribution in [1.82, 2.24) is 25.1 Å². The lowest BCUT2D eigenvalue weighted by Crippen LogP contribution is -2.34. The fraction of sp³-hybridized carbons (Fsp3) is 0.353. The smallest absolute Gasteiger partial charge is 0.199 e. The molecule has 4 rings (SSSR count). The van der Waals surface area contributed by atoms with Crippen LogP contribution in [0.25, 0.3) is 11.2 Å². The first-order valence-electron chi connectivity index (χ1n) is 7.81. The number of H-pyrrole nitrogens is 1. The maximum Gasteiger partial charge on any atom is 0.199 e. The zero-order valence-electron chi connectivity index (χ0n) is 12.4. The minimum absolute atomic E-state index is 0.458. The average molecular weight is 293 g/mol. The predicted octanol–water partition coefficient (Wildman–Crippen LogP) is 2.73. The van der Waals surface area contributed by atoms with E-state index in [0.29, 0.717) is 5.92 Å². The number of likely N-dealkylation sites (tertiary alicyclic amines) is 1. The number of rotatable bonds is 3. The summed E-state index contributed by atoms with van der Waals surface area (Å²) in [4.78, 5) is 11.2. The van der Waals surface area contributed by atoms with E-state index in [9.17, 15) is 0 Å². The number of nitrogens with one attached hydrogen (secondary N) is 1. The van der Waals surface area contributed by atoms with E-state index in [4.69, 9.17) is 0 Å². The van der Waals surface area contributed by atoms with Gasteiger partial charge in [0, 0.05) is 31.4 Å².